The number of allylic oxidation sites excluding steroid dienone is 3. The molecular weight excluding hydrogens is 562 g/mol. The number of hydrogen-bond acceptors (Lipinski definition) is 3. The summed E-state index contributed by atoms with van der Waals surface area (Å²) in [6.07, 6.45) is 16.1. The van der Waals surface area contributed by atoms with Crippen LogP contribution in [0.5, 0.6) is 0 Å². The Hall–Kier alpha value is -1.87. The Kier molecular flexibility index (Phi) is 8.81. The van der Waals surface area contributed by atoms with Crippen LogP contribution in [0.25, 0.3) is 5.57 Å². The van der Waals surface area contributed by atoms with Gasteiger partial charge in [0.25, 0.3) is 0 Å². The summed E-state index contributed by atoms with van der Waals surface area (Å²) < 4.78 is 5.65. The maximum Gasteiger partial charge on any atom is 0.338 e. The molecule has 1 heterocycles. The van der Waals surface area contributed by atoms with Crippen molar-refractivity contribution in [3.8, 4) is 0 Å². The molecule has 4 aliphatic carbocycles. The van der Waals surface area contributed by atoms with Gasteiger partial charge in [0, 0.05) is 19.6 Å². The zero-order chi connectivity index (χ0) is 33.3. The molecule has 5 aliphatic rings. The van der Waals surface area contributed by atoms with Crippen molar-refractivity contribution in [3.05, 3.63) is 53.6 Å². The lowest BCUT2D eigenvalue weighted by molar-refractivity contribution is -0.171. The van der Waals surface area contributed by atoms with E-state index in [1.54, 1.807) is 0 Å². The molecule has 4 fully saturated rings. The lowest BCUT2D eigenvalue weighted by Gasteiger charge is -2.66. The normalized spacial score (nSPS) is 39.3. The molecule has 46 heavy (non-hydrogen) atoms. The molecule has 0 aromatic heterocycles. The summed E-state index contributed by atoms with van der Waals surface area (Å²) in [6, 6.07) is 8.25. The minimum Gasteiger partial charge on any atom is -0.456 e. The smallest absolute Gasteiger partial charge is 0.338 e. The molecule has 1 aromatic carbocycles. The van der Waals surface area contributed by atoms with E-state index in [2.05, 4.69) is 71.2 Å². The van der Waals surface area contributed by atoms with Crippen molar-refractivity contribution in [1.29, 1.82) is 0 Å². The van der Waals surface area contributed by atoms with E-state index in [4.69, 9.17) is 4.74 Å². The lowest BCUT2D eigenvalue weighted by atomic mass is 9.38. The first-order valence-corrected chi connectivity index (χ1v) is 18.9. The average Bonchev–Trinajstić information content (AvgIpc) is 3.71. The summed E-state index contributed by atoms with van der Waals surface area (Å²) in [7, 11) is 0. The van der Waals surface area contributed by atoms with Crippen LogP contribution < -0.4 is 0 Å². The molecule has 3 heteroatoms. The Labute approximate surface area is 282 Å². The molecule has 8 atom stereocenters. The average molecular weight is 628 g/mol. The van der Waals surface area contributed by atoms with Gasteiger partial charge in [-0.3, -0.25) is 0 Å². The fourth-order valence-corrected chi connectivity index (χ4v) is 11.6. The Balaban J connectivity index is 1.28. The van der Waals surface area contributed by atoms with Gasteiger partial charge in [-0.1, -0.05) is 65.0 Å². The largest absolute Gasteiger partial charge is 0.456 e. The van der Waals surface area contributed by atoms with Crippen LogP contribution in [0.15, 0.2) is 42.5 Å². The highest BCUT2D eigenvalue weighted by atomic mass is 16.6. The summed E-state index contributed by atoms with van der Waals surface area (Å²) >= 11 is 0. The minimum atomic E-state index is -0.490. The number of ether oxygens (including phenoxy) is 1. The highest BCUT2D eigenvalue weighted by molar-refractivity contribution is 5.90. The maximum absolute atomic E-state index is 12.7. The Morgan fingerprint density at radius 3 is 2.24 bits per heavy atom. The van der Waals surface area contributed by atoms with Gasteiger partial charge in [0.05, 0.1) is 5.56 Å². The minimum absolute atomic E-state index is 0.0442. The van der Waals surface area contributed by atoms with Gasteiger partial charge in [0.15, 0.2) is 0 Å². The van der Waals surface area contributed by atoms with Gasteiger partial charge >= 0.3 is 5.97 Å². The Morgan fingerprint density at radius 1 is 0.913 bits per heavy atom. The molecule has 6 rings (SSSR count). The number of fused-ring (bicyclic) bond motifs is 5. The van der Waals surface area contributed by atoms with Crippen LogP contribution in [0.3, 0.4) is 0 Å². The first-order chi connectivity index (χ1) is 21.5. The fraction of sp³-hybridized carbons (Fsp3) is 0.744. The molecule has 0 N–H and O–H groups in total. The van der Waals surface area contributed by atoms with Gasteiger partial charge in [-0.2, -0.15) is 0 Å². The topological polar surface area (TPSA) is 29.3 Å². The molecule has 1 saturated heterocycles. The van der Waals surface area contributed by atoms with Crippen molar-refractivity contribution in [2.24, 2.45) is 51.2 Å². The number of benzene rings is 1. The van der Waals surface area contributed by atoms with E-state index in [0.717, 1.165) is 24.2 Å². The summed E-state index contributed by atoms with van der Waals surface area (Å²) in [5, 5.41) is 0. The Morgan fingerprint density at radius 2 is 1.61 bits per heavy atom. The van der Waals surface area contributed by atoms with Gasteiger partial charge in [-0.25, -0.2) is 4.79 Å². The molecule has 8 unspecified atom stereocenters. The first-order valence-electron chi connectivity index (χ1n) is 18.9. The highest BCUT2D eigenvalue weighted by Crippen LogP contribution is 2.73. The molecule has 0 spiro atoms. The van der Waals surface area contributed by atoms with E-state index in [9.17, 15) is 4.79 Å². The molecule has 254 valence electrons. The summed E-state index contributed by atoms with van der Waals surface area (Å²) in [4.78, 5) is 15.5. The monoisotopic (exact) mass is 628 g/mol. The third-order valence-corrected chi connectivity index (χ3v) is 14.9. The number of hydrogen-bond donors (Lipinski definition) is 0. The summed E-state index contributed by atoms with van der Waals surface area (Å²) in [5.41, 5.74) is 5.65. The van der Waals surface area contributed by atoms with Crippen molar-refractivity contribution in [3.63, 3.8) is 0 Å². The van der Waals surface area contributed by atoms with E-state index in [-0.39, 0.29) is 11.4 Å². The number of carbonyl (C=O) groups is 1. The van der Waals surface area contributed by atoms with Crippen LogP contribution in [0.4, 0.5) is 0 Å². The molecule has 3 nitrogen and oxygen atoms in total. The predicted molar refractivity (Wildman–Crippen MR) is 193 cm³/mol. The molecular formula is C43H65NO2. The van der Waals surface area contributed by atoms with E-state index in [1.165, 1.54) is 94.1 Å². The van der Waals surface area contributed by atoms with Crippen molar-refractivity contribution in [1.82, 2.24) is 4.90 Å². The number of nitrogens with zero attached hydrogens (tertiary/aromatic N) is 1. The SMILES string of the molecule is C=C(C)C1CCC2(CN3CC3)CCC3(C)C(CCC4CCC=C(c5ccc(C(=O)OC(C)(C)C)cc5)C(C)(C)C(C)CCC43C)C12. The quantitative estimate of drug-likeness (QED) is 0.185. The second kappa shape index (κ2) is 11.9. The van der Waals surface area contributed by atoms with Crippen LogP contribution in [-0.4, -0.2) is 36.1 Å². The van der Waals surface area contributed by atoms with E-state index >= 15 is 0 Å². The molecule has 1 aromatic rings. The van der Waals surface area contributed by atoms with E-state index in [0.29, 0.717) is 33.6 Å². The third kappa shape index (κ3) is 5.88. The number of carbonyl (C=O) groups excluding carboxylic acids is 1. The highest BCUT2D eigenvalue weighted by Gasteiger charge is 2.66. The number of rotatable bonds is 5. The van der Waals surface area contributed by atoms with Crippen molar-refractivity contribution in [2.75, 3.05) is 19.6 Å². The standard InChI is InChI=1S/C43H65NO2/c1-29(2)34-21-23-43(28-44-26-27-44)25-24-42(10)36(37(34)43)19-18-33-12-11-13-35(40(7,8)30(3)20-22-41(33,42)9)31-14-16-32(17-15-31)38(45)46-39(4,5)6/h13-17,30,33-34,36-37H,1,11-12,18-28H2,2-10H3. The van der Waals surface area contributed by atoms with Crippen molar-refractivity contribution < 1.29 is 9.53 Å². The molecule has 0 amide bonds. The molecule has 0 bridgehead atoms. The van der Waals surface area contributed by atoms with Crippen LogP contribution in [0.1, 0.15) is 142 Å². The van der Waals surface area contributed by atoms with Crippen LogP contribution in [0.2, 0.25) is 0 Å². The zero-order valence-corrected chi connectivity index (χ0v) is 30.9. The van der Waals surface area contributed by atoms with Gasteiger partial charge in [0.2, 0.25) is 0 Å². The van der Waals surface area contributed by atoms with Gasteiger partial charge in [-0.15, -0.1) is 0 Å². The number of esters is 1. The summed E-state index contributed by atoms with van der Waals surface area (Å²) in [6.45, 7) is 29.7. The fourth-order valence-electron chi connectivity index (χ4n) is 11.6. The molecule has 3 saturated carbocycles. The van der Waals surface area contributed by atoms with Gasteiger partial charge in [-0.05, 0) is 166 Å². The second-order valence-corrected chi connectivity index (χ2v) is 18.8. The van der Waals surface area contributed by atoms with Crippen LogP contribution in [-0.2, 0) is 4.74 Å². The Bertz CT molecular complexity index is 1340. The van der Waals surface area contributed by atoms with Crippen LogP contribution >= 0.6 is 0 Å². The van der Waals surface area contributed by atoms with Gasteiger partial charge < -0.3 is 9.64 Å². The van der Waals surface area contributed by atoms with E-state index in [1.807, 2.05) is 32.9 Å². The predicted octanol–water partition coefficient (Wildman–Crippen LogP) is 11.0. The summed E-state index contributed by atoms with van der Waals surface area (Å²) in [5.74, 6) is 3.46. The zero-order valence-electron chi connectivity index (χ0n) is 30.9. The first kappa shape index (κ1) is 34.0. The molecule has 0 radical (unpaired) electrons. The second-order valence-electron chi connectivity index (χ2n) is 18.8. The third-order valence-electron chi connectivity index (χ3n) is 14.9. The van der Waals surface area contributed by atoms with Crippen LogP contribution in [0, 0.1) is 51.2 Å². The van der Waals surface area contributed by atoms with Crippen molar-refractivity contribution in [2.45, 2.75) is 132 Å². The van der Waals surface area contributed by atoms with E-state index < -0.39 is 5.60 Å². The van der Waals surface area contributed by atoms with Gasteiger partial charge in [0.1, 0.15) is 5.60 Å². The molecule has 1 aliphatic heterocycles. The maximum atomic E-state index is 12.7. The lowest BCUT2D eigenvalue weighted by Crippen LogP contribution is -2.60. The van der Waals surface area contributed by atoms with Crippen molar-refractivity contribution >= 4 is 11.5 Å².